The molecule has 0 aliphatic heterocycles. The van der Waals surface area contributed by atoms with Crippen LogP contribution in [0.15, 0.2) is 12.1 Å². The minimum atomic E-state index is 0.385. The fourth-order valence-electron chi connectivity index (χ4n) is 1.42. The van der Waals surface area contributed by atoms with Gasteiger partial charge in [0, 0.05) is 12.0 Å². The summed E-state index contributed by atoms with van der Waals surface area (Å²) in [4.78, 5) is 2.17. The van der Waals surface area contributed by atoms with E-state index in [-0.39, 0.29) is 0 Å². The minimum absolute atomic E-state index is 0.385. The molecule has 0 radical (unpaired) electrons. The van der Waals surface area contributed by atoms with Gasteiger partial charge in [0.25, 0.3) is 0 Å². The van der Waals surface area contributed by atoms with E-state index in [1.54, 1.807) is 18.4 Å². The number of nitrogens with two attached hydrogens (primary N) is 1. The van der Waals surface area contributed by atoms with E-state index in [1.807, 2.05) is 12.1 Å². The summed E-state index contributed by atoms with van der Waals surface area (Å²) in [5.41, 5.74) is 5.33. The van der Waals surface area contributed by atoms with Crippen LogP contribution in [0.4, 0.5) is 0 Å². The maximum atomic E-state index is 5.53. The van der Waals surface area contributed by atoms with Crippen molar-refractivity contribution >= 4 is 11.3 Å². The Morgan fingerprint density at radius 1 is 1.00 bits per heavy atom. The topological polar surface area (TPSA) is 62.9 Å². The van der Waals surface area contributed by atoms with Crippen molar-refractivity contribution in [3.63, 3.8) is 0 Å². The first-order chi connectivity index (χ1) is 10.4. The van der Waals surface area contributed by atoms with Gasteiger partial charge in [0.1, 0.15) is 0 Å². The highest BCUT2D eigenvalue weighted by atomic mass is 32.1. The summed E-state index contributed by atoms with van der Waals surface area (Å²) in [6.45, 7) is 4.48. The van der Waals surface area contributed by atoms with Crippen LogP contribution in [0.25, 0.3) is 0 Å². The van der Waals surface area contributed by atoms with Crippen molar-refractivity contribution in [2.45, 2.75) is 6.61 Å². The monoisotopic (exact) mass is 313 g/mol. The van der Waals surface area contributed by atoms with Crippen molar-refractivity contribution in [3.05, 3.63) is 21.9 Å². The third-order valence-corrected chi connectivity index (χ3v) is 3.37. The van der Waals surface area contributed by atoms with E-state index in [9.17, 15) is 0 Å². The summed E-state index contributed by atoms with van der Waals surface area (Å²) in [6, 6.07) is 4.01. The van der Waals surface area contributed by atoms with Crippen molar-refractivity contribution in [1.82, 2.24) is 0 Å². The van der Waals surface area contributed by atoms with E-state index in [0.717, 1.165) is 9.75 Å². The molecule has 0 aliphatic rings. The average molecular weight is 313 g/mol. The first-order valence-corrected chi connectivity index (χ1v) is 7.68. The Morgan fingerprint density at radius 3 is 2.33 bits per heavy atom. The SMILES string of the molecule is COCCOCCOCCOCc1ccc(C#CCN)s1. The molecule has 2 N–H and O–H groups in total. The Labute approximate surface area is 130 Å². The third kappa shape index (κ3) is 9.58. The van der Waals surface area contributed by atoms with E-state index in [0.29, 0.717) is 52.8 Å². The lowest BCUT2D eigenvalue weighted by Crippen LogP contribution is -2.11. The lowest BCUT2D eigenvalue weighted by molar-refractivity contribution is 0.00120. The summed E-state index contributed by atoms with van der Waals surface area (Å²) in [5.74, 6) is 5.84. The van der Waals surface area contributed by atoms with Gasteiger partial charge in [0.15, 0.2) is 0 Å². The molecular formula is C15H23NO4S. The van der Waals surface area contributed by atoms with Gasteiger partial charge in [0.2, 0.25) is 0 Å². The van der Waals surface area contributed by atoms with E-state index in [2.05, 4.69) is 11.8 Å². The highest BCUT2D eigenvalue weighted by molar-refractivity contribution is 7.12. The van der Waals surface area contributed by atoms with Crippen molar-refractivity contribution in [3.8, 4) is 11.8 Å². The summed E-state index contributed by atoms with van der Waals surface area (Å²) >= 11 is 1.63. The lowest BCUT2D eigenvalue weighted by atomic mass is 10.4. The van der Waals surface area contributed by atoms with Gasteiger partial charge in [-0.2, -0.15) is 0 Å². The molecular weight excluding hydrogens is 290 g/mol. The zero-order valence-electron chi connectivity index (χ0n) is 12.4. The largest absolute Gasteiger partial charge is 0.382 e. The normalized spacial score (nSPS) is 10.4. The quantitative estimate of drug-likeness (QED) is 0.492. The Balaban J connectivity index is 1.95. The molecule has 1 aromatic rings. The highest BCUT2D eigenvalue weighted by Gasteiger charge is 1.98. The molecule has 118 valence electrons. The van der Waals surface area contributed by atoms with Crippen molar-refractivity contribution in [2.24, 2.45) is 5.73 Å². The maximum Gasteiger partial charge on any atom is 0.0810 e. The van der Waals surface area contributed by atoms with Crippen LogP contribution >= 0.6 is 11.3 Å². The second-order valence-electron chi connectivity index (χ2n) is 4.04. The van der Waals surface area contributed by atoms with E-state index < -0.39 is 0 Å². The van der Waals surface area contributed by atoms with Crippen molar-refractivity contribution < 1.29 is 18.9 Å². The molecule has 0 spiro atoms. The number of thiophene rings is 1. The van der Waals surface area contributed by atoms with E-state index >= 15 is 0 Å². The molecule has 21 heavy (non-hydrogen) atoms. The zero-order chi connectivity index (χ0) is 15.2. The molecule has 0 saturated heterocycles. The standard InChI is InChI=1S/C15H23NO4S/c1-17-7-8-18-9-10-19-11-12-20-13-15-5-4-14(21-15)3-2-6-16/h4-5H,6-13,16H2,1H3. The fourth-order valence-corrected chi connectivity index (χ4v) is 2.24. The first-order valence-electron chi connectivity index (χ1n) is 6.86. The van der Waals surface area contributed by atoms with Gasteiger partial charge in [0.05, 0.1) is 57.7 Å². The summed E-state index contributed by atoms with van der Waals surface area (Å²) in [6.07, 6.45) is 0. The molecule has 6 heteroatoms. The van der Waals surface area contributed by atoms with Gasteiger partial charge in [-0.15, -0.1) is 11.3 Å². The molecule has 0 fully saturated rings. The van der Waals surface area contributed by atoms with Crippen molar-refractivity contribution in [2.75, 3.05) is 53.3 Å². The predicted molar refractivity (Wildman–Crippen MR) is 83.4 cm³/mol. The second-order valence-corrected chi connectivity index (χ2v) is 5.21. The third-order valence-electron chi connectivity index (χ3n) is 2.40. The van der Waals surface area contributed by atoms with Crippen molar-refractivity contribution in [1.29, 1.82) is 0 Å². The first kappa shape index (κ1) is 18.1. The highest BCUT2D eigenvalue weighted by Crippen LogP contribution is 2.16. The summed E-state index contributed by atoms with van der Waals surface area (Å²) < 4.78 is 21.1. The number of rotatable bonds is 11. The summed E-state index contributed by atoms with van der Waals surface area (Å²) in [5, 5.41) is 0. The maximum absolute atomic E-state index is 5.53. The zero-order valence-corrected chi connectivity index (χ0v) is 13.2. The Bertz CT molecular complexity index is 425. The average Bonchev–Trinajstić information content (AvgIpc) is 2.95. The number of hydrogen-bond donors (Lipinski definition) is 1. The van der Waals surface area contributed by atoms with Crippen LogP contribution in [0.3, 0.4) is 0 Å². The van der Waals surface area contributed by atoms with E-state index in [1.165, 1.54) is 0 Å². The number of hydrogen-bond acceptors (Lipinski definition) is 6. The number of ether oxygens (including phenoxy) is 4. The smallest absolute Gasteiger partial charge is 0.0810 e. The molecule has 5 nitrogen and oxygen atoms in total. The molecule has 0 aliphatic carbocycles. The van der Waals surface area contributed by atoms with Crippen LogP contribution in [-0.2, 0) is 25.6 Å². The summed E-state index contributed by atoms with van der Waals surface area (Å²) in [7, 11) is 1.65. The van der Waals surface area contributed by atoms with Crippen LogP contribution < -0.4 is 5.73 Å². The Kier molecular flexibility index (Phi) is 11.0. The molecule has 0 atom stereocenters. The molecule has 0 bridgehead atoms. The molecule has 1 aromatic heterocycles. The molecule has 0 unspecified atom stereocenters. The second kappa shape index (κ2) is 12.8. The Morgan fingerprint density at radius 2 is 1.67 bits per heavy atom. The minimum Gasteiger partial charge on any atom is -0.382 e. The molecule has 0 amide bonds. The van der Waals surface area contributed by atoms with Crippen LogP contribution in [0, 0.1) is 11.8 Å². The van der Waals surface area contributed by atoms with Crippen LogP contribution in [0.2, 0.25) is 0 Å². The molecule has 0 aromatic carbocycles. The lowest BCUT2D eigenvalue weighted by Gasteiger charge is -2.06. The predicted octanol–water partition coefficient (Wildman–Crippen LogP) is 1.25. The Hall–Kier alpha value is -0.940. The van der Waals surface area contributed by atoms with Crippen LogP contribution in [0.1, 0.15) is 9.75 Å². The molecule has 0 saturated carbocycles. The molecule has 1 heterocycles. The van der Waals surface area contributed by atoms with Gasteiger partial charge in [-0.3, -0.25) is 0 Å². The van der Waals surface area contributed by atoms with Gasteiger partial charge >= 0.3 is 0 Å². The van der Waals surface area contributed by atoms with E-state index in [4.69, 9.17) is 24.7 Å². The van der Waals surface area contributed by atoms with Gasteiger partial charge in [-0.05, 0) is 12.1 Å². The van der Waals surface area contributed by atoms with Gasteiger partial charge in [-0.1, -0.05) is 11.8 Å². The van der Waals surface area contributed by atoms with Crippen LogP contribution in [-0.4, -0.2) is 53.3 Å². The van der Waals surface area contributed by atoms with Crippen LogP contribution in [0.5, 0.6) is 0 Å². The van der Waals surface area contributed by atoms with Gasteiger partial charge < -0.3 is 24.7 Å². The number of methoxy groups -OCH3 is 1. The fraction of sp³-hybridized carbons (Fsp3) is 0.600. The molecule has 1 rings (SSSR count). The van der Waals surface area contributed by atoms with Gasteiger partial charge in [-0.25, -0.2) is 0 Å².